The molecule has 24 heavy (non-hydrogen) atoms. The highest BCUT2D eigenvalue weighted by Crippen LogP contribution is 2.62. The van der Waals surface area contributed by atoms with Gasteiger partial charge >= 0.3 is 0 Å². The Bertz CT molecular complexity index is 605. The van der Waals surface area contributed by atoms with E-state index in [9.17, 15) is 15.0 Å². The van der Waals surface area contributed by atoms with Gasteiger partial charge in [0.1, 0.15) is 6.10 Å². The topological polar surface area (TPSA) is 70.7 Å². The number of hydrogen-bond donors (Lipinski definition) is 2. The third kappa shape index (κ3) is 2.38. The van der Waals surface area contributed by atoms with E-state index in [0.29, 0.717) is 12.8 Å². The lowest BCUT2D eigenvalue weighted by molar-refractivity contribution is -0.229. The third-order valence-corrected chi connectivity index (χ3v) is 7.10. The zero-order valence-corrected chi connectivity index (χ0v) is 15.2. The molecule has 0 unspecified atom stereocenters. The molecule has 0 saturated heterocycles. The van der Waals surface area contributed by atoms with Crippen LogP contribution in [0.25, 0.3) is 0 Å². The fraction of sp³-hybridized carbons (Fsp3) is 0.750. The molecule has 0 spiro atoms. The maximum atomic E-state index is 12.9. The maximum absolute atomic E-state index is 12.9. The average Bonchev–Trinajstić information content (AvgIpc) is 3.02. The van der Waals surface area contributed by atoms with Gasteiger partial charge in [-0.3, -0.25) is 4.79 Å². The summed E-state index contributed by atoms with van der Waals surface area (Å²) in [5.74, 6) is -0.853. The van der Waals surface area contributed by atoms with Crippen LogP contribution >= 0.6 is 0 Å². The van der Waals surface area contributed by atoms with Crippen molar-refractivity contribution in [3.63, 3.8) is 0 Å². The Morgan fingerprint density at radius 1 is 1.29 bits per heavy atom. The summed E-state index contributed by atoms with van der Waals surface area (Å²) in [6, 6.07) is 1.91. The van der Waals surface area contributed by atoms with Gasteiger partial charge in [-0.1, -0.05) is 34.1 Å². The molecule has 3 rings (SSSR count). The lowest BCUT2D eigenvalue weighted by atomic mass is 9.43. The first-order valence-corrected chi connectivity index (χ1v) is 9.09. The third-order valence-electron chi connectivity index (χ3n) is 7.10. The molecule has 1 heterocycles. The Balaban J connectivity index is 2.00. The van der Waals surface area contributed by atoms with Crippen LogP contribution in [-0.4, -0.2) is 27.7 Å². The van der Waals surface area contributed by atoms with Crippen LogP contribution in [0.3, 0.4) is 0 Å². The van der Waals surface area contributed by atoms with E-state index in [4.69, 9.17) is 4.42 Å². The first kappa shape index (κ1) is 17.7. The Morgan fingerprint density at radius 2 is 2.00 bits per heavy atom. The molecule has 4 heteroatoms. The summed E-state index contributed by atoms with van der Waals surface area (Å²) in [4.78, 5) is 12.9. The van der Waals surface area contributed by atoms with Gasteiger partial charge in [-0.25, -0.2) is 0 Å². The van der Waals surface area contributed by atoms with Gasteiger partial charge < -0.3 is 14.6 Å². The summed E-state index contributed by atoms with van der Waals surface area (Å²) in [7, 11) is 0. The van der Waals surface area contributed by atoms with Crippen LogP contribution in [0, 0.1) is 22.7 Å². The van der Waals surface area contributed by atoms with Crippen molar-refractivity contribution in [3.05, 3.63) is 24.2 Å². The lowest BCUT2D eigenvalue weighted by Gasteiger charge is -2.63. The van der Waals surface area contributed by atoms with Crippen molar-refractivity contribution >= 4 is 5.78 Å². The number of aliphatic hydroxyl groups excluding tert-OH is 1. The minimum Gasteiger partial charge on any atom is -0.472 e. The molecular weight excluding hydrogens is 304 g/mol. The van der Waals surface area contributed by atoms with Crippen LogP contribution in [0.2, 0.25) is 0 Å². The summed E-state index contributed by atoms with van der Waals surface area (Å²) in [5, 5.41) is 22.4. The van der Waals surface area contributed by atoms with E-state index >= 15 is 0 Å². The van der Waals surface area contributed by atoms with Crippen LogP contribution in [-0.2, 0) is 11.2 Å². The van der Waals surface area contributed by atoms with E-state index in [1.807, 2.05) is 13.0 Å². The second kappa shape index (κ2) is 5.70. The molecule has 2 N–H and O–H groups in total. The molecule has 2 aliphatic carbocycles. The number of aliphatic hydroxyl groups is 2. The summed E-state index contributed by atoms with van der Waals surface area (Å²) >= 11 is 0. The number of aryl methyl sites for hydroxylation is 1. The minimum atomic E-state index is -1.09. The second-order valence-electron chi connectivity index (χ2n) is 8.88. The van der Waals surface area contributed by atoms with Crippen molar-refractivity contribution in [2.45, 2.75) is 71.5 Å². The van der Waals surface area contributed by atoms with Gasteiger partial charge in [-0.2, -0.15) is 0 Å². The number of hydrogen-bond acceptors (Lipinski definition) is 4. The predicted octanol–water partition coefficient (Wildman–Crippen LogP) is 3.36. The zero-order valence-electron chi connectivity index (χ0n) is 15.2. The molecule has 2 aliphatic rings. The molecule has 2 fully saturated rings. The standard InChI is InChI=1S/C20H30O4/c1-13-15(21)16(22)17-18(2,3)8-5-9-19(17,4)20(13,23)10-6-14-7-11-24-12-14/h7,11-13,15,17,21,23H,5-6,8-10H2,1-4H3/t13-,15-,17+,19+,20-/m0/s1. The summed E-state index contributed by atoms with van der Waals surface area (Å²) in [5.41, 5.74) is -0.736. The Kier molecular flexibility index (Phi) is 4.20. The minimum absolute atomic E-state index is 0.0808. The fourth-order valence-electron chi connectivity index (χ4n) is 5.71. The molecule has 5 atom stereocenters. The monoisotopic (exact) mass is 334 g/mol. The lowest BCUT2D eigenvalue weighted by Crippen LogP contribution is -2.69. The summed E-state index contributed by atoms with van der Waals surface area (Å²) in [6.07, 6.45) is 6.24. The first-order chi connectivity index (χ1) is 11.1. The highest BCUT2D eigenvalue weighted by atomic mass is 16.3. The van der Waals surface area contributed by atoms with Gasteiger partial charge in [-0.05, 0) is 42.7 Å². The van der Waals surface area contributed by atoms with E-state index in [2.05, 4.69) is 20.8 Å². The SMILES string of the molecule is C[C@H]1[C@H](O)C(=O)[C@@H]2C(C)(C)CCC[C@@]2(C)[C@]1(O)CCc1ccoc1. The van der Waals surface area contributed by atoms with Crippen molar-refractivity contribution in [2.75, 3.05) is 0 Å². The van der Waals surface area contributed by atoms with E-state index in [1.165, 1.54) is 0 Å². The number of Topliss-reactive ketones (excluding diaryl/α,β-unsaturated/α-hetero) is 1. The van der Waals surface area contributed by atoms with Crippen LogP contribution in [0.1, 0.15) is 58.9 Å². The number of carbonyl (C=O) groups is 1. The van der Waals surface area contributed by atoms with Gasteiger partial charge in [0.2, 0.25) is 0 Å². The largest absolute Gasteiger partial charge is 0.472 e. The van der Waals surface area contributed by atoms with Crippen molar-refractivity contribution in [2.24, 2.45) is 22.7 Å². The molecule has 0 bridgehead atoms. The fourth-order valence-corrected chi connectivity index (χ4v) is 5.71. The van der Waals surface area contributed by atoms with Crippen molar-refractivity contribution in [3.8, 4) is 0 Å². The van der Waals surface area contributed by atoms with E-state index < -0.39 is 23.0 Å². The quantitative estimate of drug-likeness (QED) is 0.889. The van der Waals surface area contributed by atoms with Gasteiger partial charge in [0.05, 0.1) is 18.1 Å². The molecule has 0 radical (unpaired) electrons. The average molecular weight is 334 g/mol. The Morgan fingerprint density at radius 3 is 2.62 bits per heavy atom. The molecule has 2 saturated carbocycles. The molecular formula is C20H30O4. The second-order valence-corrected chi connectivity index (χ2v) is 8.88. The Labute approximate surface area is 144 Å². The van der Waals surface area contributed by atoms with Gasteiger partial charge in [0.25, 0.3) is 0 Å². The molecule has 1 aromatic rings. The summed E-state index contributed by atoms with van der Waals surface area (Å²) < 4.78 is 5.13. The normalized spacial score (nSPS) is 41.9. The van der Waals surface area contributed by atoms with Crippen molar-refractivity contribution < 1.29 is 19.4 Å². The molecule has 134 valence electrons. The number of carbonyl (C=O) groups excluding carboxylic acids is 1. The zero-order chi connectivity index (χ0) is 17.8. The van der Waals surface area contributed by atoms with Gasteiger partial charge in [0, 0.05) is 17.3 Å². The first-order valence-electron chi connectivity index (χ1n) is 9.09. The highest BCUT2D eigenvalue weighted by molar-refractivity contribution is 5.88. The smallest absolute Gasteiger partial charge is 0.165 e. The molecule has 0 amide bonds. The predicted molar refractivity (Wildman–Crippen MR) is 91.4 cm³/mol. The van der Waals surface area contributed by atoms with Crippen LogP contribution in [0.4, 0.5) is 0 Å². The highest BCUT2D eigenvalue weighted by Gasteiger charge is 2.66. The van der Waals surface area contributed by atoms with Crippen LogP contribution < -0.4 is 0 Å². The van der Waals surface area contributed by atoms with Crippen molar-refractivity contribution in [1.82, 2.24) is 0 Å². The Hall–Kier alpha value is -1.13. The van der Waals surface area contributed by atoms with Crippen LogP contribution in [0.15, 0.2) is 23.0 Å². The van der Waals surface area contributed by atoms with Gasteiger partial charge in [-0.15, -0.1) is 0 Å². The number of rotatable bonds is 3. The van der Waals surface area contributed by atoms with E-state index in [1.54, 1.807) is 12.5 Å². The van der Waals surface area contributed by atoms with E-state index in [-0.39, 0.29) is 17.1 Å². The summed E-state index contributed by atoms with van der Waals surface area (Å²) in [6.45, 7) is 8.09. The maximum Gasteiger partial charge on any atom is 0.165 e. The molecule has 1 aromatic heterocycles. The van der Waals surface area contributed by atoms with Crippen molar-refractivity contribution in [1.29, 1.82) is 0 Å². The number of fused-ring (bicyclic) bond motifs is 1. The number of furan rings is 1. The van der Waals surface area contributed by atoms with Gasteiger partial charge in [0.15, 0.2) is 5.78 Å². The van der Waals surface area contributed by atoms with E-state index in [0.717, 1.165) is 24.8 Å². The molecule has 0 aliphatic heterocycles. The van der Waals surface area contributed by atoms with Crippen LogP contribution in [0.5, 0.6) is 0 Å². The molecule has 4 nitrogen and oxygen atoms in total. The number of ketones is 1. The molecule has 0 aromatic carbocycles.